The van der Waals surface area contributed by atoms with Crippen LogP contribution in [0.1, 0.15) is 49.7 Å². The number of carbonyl (C=O) groups excluding carboxylic acids is 1. The Hall–Kier alpha value is -1.53. The summed E-state index contributed by atoms with van der Waals surface area (Å²) in [6.45, 7) is 4.41. The molecular weight excluding hydrogens is 318 g/mol. The molecule has 2 aliphatic heterocycles. The van der Waals surface area contributed by atoms with Gasteiger partial charge in [0.05, 0.1) is 6.04 Å². The van der Waals surface area contributed by atoms with Crippen LogP contribution in [0.2, 0.25) is 0 Å². The van der Waals surface area contributed by atoms with E-state index in [0.29, 0.717) is 12.5 Å². The molecule has 0 radical (unpaired) electrons. The minimum atomic E-state index is 0.0528. The van der Waals surface area contributed by atoms with E-state index in [9.17, 15) is 4.79 Å². The zero-order valence-corrected chi connectivity index (χ0v) is 15.1. The molecule has 3 aliphatic rings. The van der Waals surface area contributed by atoms with Gasteiger partial charge >= 0.3 is 6.03 Å². The highest BCUT2D eigenvalue weighted by molar-refractivity contribution is 5.75. The second-order valence-corrected chi connectivity index (χ2v) is 7.66. The molecule has 2 saturated heterocycles. The van der Waals surface area contributed by atoms with E-state index in [1.807, 2.05) is 17.0 Å². The van der Waals surface area contributed by atoms with E-state index in [1.54, 1.807) is 7.11 Å². The molecule has 138 valence electrons. The summed E-state index contributed by atoms with van der Waals surface area (Å²) in [5, 5.41) is 3.17. The summed E-state index contributed by atoms with van der Waals surface area (Å²) in [6.07, 6.45) is 5.92. The van der Waals surface area contributed by atoms with Crippen LogP contribution in [-0.2, 0) is 11.3 Å². The van der Waals surface area contributed by atoms with Gasteiger partial charge < -0.3 is 24.3 Å². The summed E-state index contributed by atoms with van der Waals surface area (Å²) in [5.41, 5.74) is 0. The van der Waals surface area contributed by atoms with Gasteiger partial charge in [-0.2, -0.15) is 0 Å². The average Bonchev–Trinajstić information content (AvgIpc) is 3.05. The number of hydrogen-bond donors (Lipinski definition) is 1. The van der Waals surface area contributed by atoms with Gasteiger partial charge in [-0.25, -0.2) is 4.79 Å². The van der Waals surface area contributed by atoms with E-state index in [2.05, 4.69) is 10.2 Å². The fraction of sp³-hybridized carbons (Fsp3) is 0.737. The van der Waals surface area contributed by atoms with Crippen molar-refractivity contribution in [1.82, 2.24) is 15.1 Å². The van der Waals surface area contributed by atoms with Gasteiger partial charge in [-0.3, -0.25) is 0 Å². The summed E-state index contributed by atoms with van der Waals surface area (Å²) >= 11 is 0. The molecule has 1 aromatic heterocycles. The maximum atomic E-state index is 12.7. The number of methoxy groups -OCH3 is 1. The van der Waals surface area contributed by atoms with Crippen LogP contribution in [-0.4, -0.2) is 55.2 Å². The molecule has 0 spiro atoms. The Morgan fingerprint density at radius 1 is 1.28 bits per heavy atom. The highest BCUT2D eigenvalue weighted by Crippen LogP contribution is 2.34. The Labute approximate surface area is 149 Å². The molecule has 4 rings (SSSR count). The quantitative estimate of drug-likeness (QED) is 0.860. The van der Waals surface area contributed by atoms with Gasteiger partial charge in [0, 0.05) is 32.8 Å². The van der Waals surface area contributed by atoms with Gasteiger partial charge in [0.15, 0.2) is 0 Å². The maximum absolute atomic E-state index is 12.7. The molecule has 3 heterocycles. The lowest BCUT2D eigenvalue weighted by Crippen LogP contribution is -2.41. The van der Waals surface area contributed by atoms with Crippen molar-refractivity contribution in [2.75, 3.05) is 33.3 Å². The van der Waals surface area contributed by atoms with Gasteiger partial charge in [0.1, 0.15) is 18.1 Å². The first-order valence-corrected chi connectivity index (χ1v) is 9.60. The van der Waals surface area contributed by atoms with Gasteiger partial charge in [0.2, 0.25) is 0 Å². The molecule has 6 nitrogen and oxygen atoms in total. The monoisotopic (exact) mass is 347 g/mol. The number of nitrogens with zero attached hydrogens (tertiary/aromatic N) is 2. The van der Waals surface area contributed by atoms with Crippen LogP contribution in [0.4, 0.5) is 4.79 Å². The van der Waals surface area contributed by atoms with Crippen molar-refractivity contribution in [3.8, 4) is 0 Å². The second-order valence-electron chi connectivity index (χ2n) is 7.66. The smallest absolute Gasteiger partial charge is 0.318 e. The number of furan rings is 1. The van der Waals surface area contributed by atoms with E-state index >= 15 is 0 Å². The highest BCUT2D eigenvalue weighted by atomic mass is 16.5. The Kier molecular flexibility index (Phi) is 4.99. The van der Waals surface area contributed by atoms with E-state index < -0.39 is 0 Å². The lowest BCUT2D eigenvalue weighted by atomic mass is 10.1. The molecule has 0 unspecified atom stereocenters. The molecule has 2 atom stereocenters. The molecule has 6 heteroatoms. The predicted octanol–water partition coefficient (Wildman–Crippen LogP) is 2.76. The Balaban J connectivity index is 1.29. The van der Waals surface area contributed by atoms with Crippen molar-refractivity contribution in [2.45, 2.75) is 50.8 Å². The third-order valence-electron chi connectivity index (χ3n) is 5.73. The van der Waals surface area contributed by atoms with Gasteiger partial charge in [0.25, 0.3) is 0 Å². The number of rotatable bonds is 6. The largest absolute Gasteiger partial charge is 0.461 e. The highest BCUT2D eigenvalue weighted by Gasteiger charge is 2.35. The Morgan fingerprint density at radius 3 is 2.96 bits per heavy atom. The van der Waals surface area contributed by atoms with Crippen LogP contribution in [0.3, 0.4) is 0 Å². The number of amides is 2. The molecule has 25 heavy (non-hydrogen) atoms. The minimum Gasteiger partial charge on any atom is -0.461 e. The molecule has 1 aliphatic carbocycles. The maximum Gasteiger partial charge on any atom is 0.318 e. The van der Waals surface area contributed by atoms with Crippen LogP contribution in [0.25, 0.3) is 0 Å². The number of carbonyl (C=O) groups is 1. The van der Waals surface area contributed by atoms with E-state index in [4.69, 9.17) is 9.15 Å². The molecule has 1 saturated carbocycles. The lowest BCUT2D eigenvalue weighted by Gasteiger charge is -2.24. The third-order valence-corrected chi connectivity index (χ3v) is 5.73. The average molecular weight is 347 g/mol. The number of likely N-dealkylation sites (tertiary alicyclic amines) is 2. The zero-order valence-electron chi connectivity index (χ0n) is 15.1. The first kappa shape index (κ1) is 16.9. The third kappa shape index (κ3) is 3.85. The van der Waals surface area contributed by atoms with Crippen LogP contribution < -0.4 is 5.32 Å². The molecule has 0 aromatic carbocycles. The van der Waals surface area contributed by atoms with Gasteiger partial charge in [-0.1, -0.05) is 0 Å². The first-order chi connectivity index (χ1) is 12.2. The summed E-state index contributed by atoms with van der Waals surface area (Å²) in [4.78, 5) is 17.2. The SMILES string of the molecule is COCc1ccc([C@H]2CCCN2C(=O)NC[C@@H]2CCN(C3CC3)C2)o1. The summed E-state index contributed by atoms with van der Waals surface area (Å²) < 4.78 is 11.0. The molecular formula is C19H29N3O3. The summed E-state index contributed by atoms with van der Waals surface area (Å²) in [5.74, 6) is 2.29. The topological polar surface area (TPSA) is 58.0 Å². The zero-order chi connectivity index (χ0) is 17.2. The second kappa shape index (κ2) is 7.38. The van der Waals surface area contributed by atoms with Crippen molar-refractivity contribution in [3.05, 3.63) is 23.7 Å². The fourth-order valence-electron chi connectivity index (χ4n) is 4.23. The molecule has 1 N–H and O–H groups in total. The van der Waals surface area contributed by atoms with Crippen molar-refractivity contribution >= 4 is 6.03 Å². The summed E-state index contributed by atoms with van der Waals surface area (Å²) in [6, 6.07) is 4.87. The summed E-state index contributed by atoms with van der Waals surface area (Å²) in [7, 11) is 1.66. The molecule has 0 bridgehead atoms. The molecule has 3 fully saturated rings. The van der Waals surface area contributed by atoms with Gasteiger partial charge in [-0.05, 0) is 56.7 Å². The van der Waals surface area contributed by atoms with Crippen LogP contribution in [0, 0.1) is 5.92 Å². The number of hydrogen-bond acceptors (Lipinski definition) is 4. The van der Waals surface area contributed by atoms with Crippen molar-refractivity contribution < 1.29 is 13.9 Å². The Morgan fingerprint density at radius 2 is 2.16 bits per heavy atom. The van der Waals surface area contributed by atoms with Gasteiger partial charge in [-0.15, -0.1) is 0 Å². The standard InChI is InChI=1S/C19H29N3O3/c1-24-13-16-6-7-18(25-16)17-3-2-9-22(17)19(23)20-11-14-8-10-21(12-14)15-4-5-15/h6-7,14-15,17H,2-5,8-13H2,1H3,(H,20,23)/t14-,17+/m0/s1. The first-order valence-electron chi connectivity index (χ1n) is 9.60. The van der Waals surface area contributed by atoms with Crippen LogP contribution in [0.15, 0.2) is 16.5 Å². The molecule has 1 aromatic rings. The predicted molar refractivity (Wildman–Crippen MR) is 94.2 cm³/mol. The van der Waals surface area contributed by atoms with E-state index in [1.165, 1.54) is 25.8 Å². The Bertz CT molecular complexity index is 598. The van der Waals surface area contributed by atoms with Crippen molar-refractivity contribution in [3.63, 3.8) is 0 Å². The van der Waals surface area contributed by atoms with Crippen molar-refractivity contribution in [2.24, 2.45) is 5.92 Å². The van der Waals surface area contributed by atoms with Crippen molar-refractivity contribution in [1.29, 1.82) is 0 Å². The number of urea groups is 1. The fourth-order valence-corrected chi connectivity index (χ4v) is 4.23. The lowest BCUT2D eigenvalue weighted by molar-refractivity contribution is 0.156. The van der Waals surface area contributed by atoms with E-state index in [0.717, 1.165) is 50.0 Å². The minimum absolute atomic E-state index is 0.0528. The normalized spacial score (nSPS) is 27.2. The van der Waals surface area contributed by atoms with E-state index in [-0.39, 0.29) is 12.1 Å². The van der Waals surface area contributed by atoms with Crippen LogP contribution in [0.5, 0.6) is 0 Å². The number of ether oxygens (including phenoxy) is 1. The van der Waals surface area contributed by atoms with Crippen LogP contribution >= 0.6 is 0 Å². The number of nitrogens with one attached hydrogen (secondary N) is 1. The molecule has 2 amide bonds.